The zero-order valence-corrected chi connectivity index (χ0v) is 79.9. The molecule has 0 saturated carbocycles. The fourth-order valence-electron chi connectivity index (χ4n) is 16.3. The summed E-state index contributed by atoms with van der Waals surface area (Å²) in [4.78, 5) is 70.5. The number of halogens is 18. The Labute approximate surface area is 805 Å². The third kappa shape index (κ3) is 33.8. The van der Waals surface area contributed by atoms with Crippen molar-refractivity contribution in [3.8, 4) is 46.0 Å². The summed E-state index contributed by atoms with van der Waals surface area (Å²) in [5.74, 6) is -3.39. The number of nitro benzene ring substituents is 4. The number of hydrogen-bond donors (Lipinski definition) is 2. The second kappa shape index (κ2) is 45.8. The minimum absolute atomic E-state index is 0.0551. The van der Waals surface area contributed by atoms with Gasteiger partial charge in [0.25, 0.3) is 22.7 Å². The van der Waals surface area contributed by atoms with E-state index in [0.717, 1.165) is 70.8 Å². The van der Waals surface area contributed by atoms with Crippen LogP contribution in [0.4, 0.5) is 102 Å². The van der Waals surface area contributed by atoms with Gasteiger partial charge in [0.1, 0.15) is 46.0 Å². The maximum absolute atomic E-state index is 13.6. The van der Waals surface area contributed by atoms with Gasteiger partial charge < -0.3 is 48.1 Å². The third-order valence-corrected chi connectivity index (χ3v) is 23.0. The molecule has 8 aromatic carbocycles. The van der Waals surface area contributed by atoms with Crippen LogP contribution in [0.2, 0.25) is 0 Å². The number of carboxylic acid groups (broad SMARTS) is 2. The molecule has 10 rings (SSSR count). The fourth-order valence-corrected chi connectivity index (χ4v) is 16.3. The number of aliphatic carboxylic acids is 2. The number of hydrogen-bond acceptors (Lipinski definition) is 18. The summed E-state index contributed by atoms with van der Waals surface area (Å²) in [6.07, 6.45) is -40.8. The highest BCUT2D eigenvalue weighted by molar-refractivity contribution is 5.71. The summed E-state index contributed by atoms with van der Waals surface area (Å²) in [5, 5.41) is 69.6. The van der Waals surface area contributed by atoms with Crippen LogP contribution in [0, 0.1) is 40.5 Å². The van der Waals surface area contributed by atoms with Gasteiger partial charge in [-0.1, -0.05) is 132 Å². The van der Waals surface area contributed by atoms with E-state index in [4.69, 9.17) is 37.9 Å². The number of non-ortho nitro benzene ring substituents is 4. The maximum atomic E-state index is 13.6. The summed E-state index contributed by atoms with van der Waals surface area (Å²) >= 11 is 0. The Balaban J connectivity index is 0.000000317. The van der Waals surface area contributed by atoms with Gasteiger partial charge in [-0.25, -0.2) is 9.59 Å². The first-order valence-corrected chi connectivity index (χ1v) is 45.3. The largest absolute Gasteiger partial charge is 0.493 e. The number of carbonyl (C=O) groups is 2. The monoisotopic (exact) mass is 2030 g/mol. The molecular formula is C100H110F18N4O20. The van der Waals surface area contributed by atoms with E-state index < -0.39 is 253 Å². The summed E-state index contributed by atoms with van der Waals surface area (Å²) in [6.45, 7) is 19.1. The standard InChI is InChI=1S/C58H73F9O6.C42H37F9N4O14/c1-52(2,3)43-26-35-22-37-28-44(53(4,5)6)30-39(49(37)71-20-14-17-57(62,63)64)24-41-32-46(55(10,11)12)33-42(51(41)73-34-47(68)69)25-40-31-45(54(7,8)9)29-38(50(40)72-21-15-18-58(65,66)67)23-36(27-43)48(35)70-19-13-16-56(59,60)61;43-40(44,45)4-1-7-66-36-23-10-25-16-32(53(60)61)18-27(37(25)67-8-2-5-41(46,47)48)12-29-20-34(55(64)65)21-30(39(29)69-22-35(56)57)13-28-19-33(54(62)63)17-26(11-24(36)15-31(14-23)52(58)59)38(28)68-9-3-6-42(49,50)51/h26-33H,13-25,34H2,1-12H3,(H,68,69);14-21H,1-13,22H2,(H,56,57). The highest BCUT2D eigenvalue weighted by Crippen LogP contribution is 2.50. The summed E-state index contributed by atoms with van der Waals surface area (Å²) in [7, 11) is 0. The molecule has 0 saturated heterocycles. The Kier molecular flexibility index (Phi) is 36.5. The molecule has 776 valence electrons. The van der Waals surface area contributed by atoms with Crippen molar-refractivity contribution < 1.29 is 156 Å². The van der Waals surface area contributed by atoms with Crippen molar-refractivity contribution in [3.05, 3.63) is 249 Å². The van der Waals surface area contributed by atoms with Gasteiger partial charge in [0.05, 0.1) is 59.3 Å². The van der Waals surface area contributed by atoms with E-state index >= 15 is 0 Å². The molecule has 0 radical (unpaired) electrons. The summed E-state index contributed by atoms with van der Waals surface area (Å²) < 4.78 is 291. The van der Waals surface area contributed by atoms with Crippen LogP contribution in [0.25, 0.3) is 0 Å². The maximum Gasteiger partial charge on any atom is 0.389 e. The molecule has 0 amide bonds. The van der Waals surface area contributed by atoms with Crippen molar-refractivity contribution in [3.63, 3.8) is 0 Å². The van der Waals surface area contributed by atoms with E-state index in [1.54, 1.807) is 0 Å². The minimum atomic E-state index is -4.69. The molecule has 16 bridgehead atoms. The van der Waals surface area contributed by atoms with Crippen LogP contribution in [-0.4, -0.2) is 132 Å². The Morgan fingerprint density at radius 2 is 0.359 bits per heavy atom. The second-order valence-corrected chi connectivity index (χ2v) is 39.1. The van der Waals surface area contributed by atoms with Crippen molar-refractivity contribution in [1.82, 2.24) is 0 Å². The molecule has 42 heteroatoms. The molecule has 0 aromatic heterocycles. The lowest BCUT2D eigenvalue weighted by atomic mass is 9.79. The van der Waals surface area contributed by atoms with Gasteiger partial charge in [0.15, 0.2) is 13.2 Å². The average Bonchev–Trinajstić information content (AvgIpc) is 0.757. The van der Waals surface area contributed by atoms with Crippen LogP contribution in [0.5, 0.6) is 46.0 Å². The minimum Gasteiger partial charge on any atom is -0.493 e. The zero-order valence-electron chi connectivity index (χ0n) is 79.9. The summed E-state index contributed by atoms with van der Waals surface area (Å²) in [6, 6.07) is 22.4. The SMILES string of the molecule is CC(C)(C)c1cc2c(OCCCC(F)(F)F)c(c1)Cc1cc(C(C)(C)C)cc(c1OCCCC(F)(F)F)Cc1cc(C(C)(C)C)cc(c1OCC(=O)O)Cc1cc(C(C)(C)C)cc(c1OCCCC(F)(F)F)C2.O=C(O)COc1c2cc([N+](=O)[O-])cc1Cc1cc([N+](=O)[O-])cc(c1OCCCC(F)(F)F)Cc1cc([N+](=O)[O-])cc(c1OCCCC(F)(F)F)Cc1cc([N+](=O)[O-])cc(c1OCCCC(F)(F)F)C2. The van der Waals surface area contributed by atoms with E-state index in [1.165, 1.54) is 0 Å². The van der Waals surface area contributed by atoms with E-state index in [-0.39, 0.29) is 115 Å². The molecule has 0 atom stereocenters. The number of alkyl halides is 18. The number of nitro groups is 4. The van der Waals surface area contributed by atoms with Gasteiger partial charge in [-0.3, -0.25) is 40.5 Å². The predicted octanol–water partition coefficient (Wildman–Crippen LogP) is 26.8. The first kappa shape index (κ1) is 113. The number of nitrogens with zero attached hydrogens (tertiary/aromatic N) is 4. The number of fused-ring (bicyclic) bond motifs is 16. The number of rotatable bonds is 34. The number of carboxylic acids is 2. The molecule has 0 fully saturated rings. The van der Waals surface area contributed by atoms with Crippen LogP contribution >= 0.6 is 0 Å². The normalized spacial score (nSPS) is 13.4. The van der Waals surface area contributed by atoms with Gasteiger partial charge in [0.2, 0.25) is 0 Å². The summed E-state index contributed by atoms with van der Waals surface area (Å²) in [5.41, 5.74) is 0.525. The van der Waals surface area contributed by atoms with Gasteiger partial charge in [0, 0.05) is 183 Å². The Hall–Kier alpha value is -12.6. The molecule has 2 N–H and O–H groups in total. The van der Waals surface area contributed by atoms with Crippen molar-refractivity contribution in [1.29, 1.82) is 0 Å². The third-order valence-electron chi connectivity index (χ3n) is 23.0. The first-order valence-electron chi connectivity index (χ1n) is 45.3. The highest BCUT2D eigenvalue weighted by atomic mass is 19.4. The smallest absolute Gasteiger partial charge is 0.389 e. The van der Waals surface area contributed by atoms with Crippen LogP contribution in [0.3, 0.4) is 0 Å². The molecule has 0 aliphatic heterocycles. The van der Waals surface area contributed by atoms with Crippen LogP contribution < -0.4 is 37.9 Å². The van der Waals surface area contributed by atoms with Crippen molar-refractivity contribution in [2.45, 2.75) is 270 Å². The lowest BCUT2D eigenvalue weighted by molar-refractivity contribution is -0.385. The number of ether oxygens (including phenoxy) is 8. The van der Waals surface area contributed by atoms with Crippen LogP contribution in [0.15, 0.2) is 97.1 Å². The molecule has 0 heterocycles. The van der Waals surface area contributed by atoms with Gasteiger partial charge in [-0.05, 0) is 127 Å². The number of benzene rings is 8. The van der Waals surface area contributed by atoms with Crippen LogP contribution in [-0.2, 0) is 82.6 Å². The molecule has 2 aliphatic rings. The van der Waals surface area contributed by atoms with Gasteiger partial charge in [-0.2, -0.15) is 79.0 Å². The molecule has 142 heavy (non-hydrogen) atoms. The Morgan fingerprint density at radius 3 is 0.465 bits per heavy atom. The van der Waals surface area contributed by atoms with E-state index in [0.29, 0.717) is 61.8 Å². The highest BCUT2D eigenvalue weighted by Gasteiger charge is 2.38. The second-order valence-electron chi connectivity index (χ2n) is 39.1. The van der Waals surface area contributed by atoms with Crippen molar-refractivity contribution >= 4 is 34.7 Å². The van der Waals surface area contributed by atoms with Crippen LogP contribution in [0.1, 0.15) is 271 Å². The topological polar surface area (TPSA) is 321 Å². The molecule has 0 unspecified atom stereocenters. The van der Waals surface area contributed by atoms with E-state index in [9.17, 15) is 139 Å². The Bertz CT molecular complexity index is 5620. The molecule has 8 aromatic rings. The quantitative estimate of drug-likeness (QED) is 0.0164. The molecule has 24 nitrogen and oxygen atoms in total. The van der Waals surface area contributed by atoms with Gasteiger partial charge >= 0.3 is 49.0 Å². The Morgan fingerprint density at radius 1 is 0.239 bits per heavy atom. The average molecular weight is 2030 g/mol. The molecule has 0 spiro atoms. The van der Waals surface area contributed by atoms with Crippen molar-refractivity contribution in [2.75, 3.05) is 52.9 Å². The van der Waals surface area contributed by atoms with Crippen molar-refractivity contribution in [2.24, 2.45) is 0 Å². The van der Waals surface area contributed by atoms with E-state index in [1.807, 2.05) is 132 Å². The molecule has 2 aliphatic carbocycles. The van der Waals surface area contributed by atoms with E-state index in [2.05, 4.69) is 0 Å². The lowest BCUT2D eigenvalue weighted by Crippen LogP contribution is -2.19. The lowest BCUT2D eigenvalue weighted by Gasteiger charge is -2.29. The molecular weight excluding hydrogens is 1920 g/mol. The predicted molar refractivity (Wildman–Crippen MR) is 486 cm³/mol. The zero-order chi connectivity index (χ0) is 106. The fraction of sp³-hybridized carbons (Fsp3) is 0.500. The van der Waals surface area contributed by atoms with Gasteiger partial charge in [-0.15, -0.1) is 0 Å². The first-order chi connectivity index (χ1) is 65.5.